The molecule has 1 aliphatic rings. The van der Waals surface area contributed by atoms with E-state index in [9.17, 15) is 13.6 Å². The number of ether oxygens (including phenoxy) is 2. The van der Waals surface area contributed by atoms with Gasteiger partial charge in [-0.3, -0.25) is 0 Å². The Kier molecular flexibility index (Phi) is 7.91. The molecule has 1 fully saturated rings. The molecule has 1 saturated heterocycles. The Morgan fingerprint density at radius 3 is 2.44 bits per heavy atom. The number of hydrogen-bond acceptors (Lipinski definition) is 7. The van der Waals surface area contributed by atoms with Gasteiger partial charge >= 0.3 is 5.97 Å². The van der Waals surface area contributed by atoms with E-state index in [-0.39, 0.29) is 5.75 Å². The number of pyridine rings is 2. The van der Waals surface area contributed by atoms with Crippen LogP contribution in [-0.4, -0.2) is 59.1 Å². The van der Waals surface area contributed by atoms with Crippen LogP contribution >= 0.6 is 22.6 Å². The van der Waals surface area contributed by atoms with Crippen LogP contribution in [0.1, 0.15) is 0 Å². The lowest BCUT2D eigenvalue weighted by Gasteiger charge is -2.27. The standard InChI is InChI=1S/C11H13FN2O4.C5H3FINO/c12-11-8(18-7-10(15)16)1-2-9(13-11)14-3-5-17-6-4-14;6-5-3(9)1-2-4(7)8-5/h1-2H,3-7H2,(H,15,16);1-2,9H. The first-order chi connectivity index (χ1) is 12.9. The molecule has 146 valence electrons. The summed E-state index contributed by atoms with van der Waals surface area (Å²) in [6.07, 6.45) is 0. The number of aromatic hydroxyl groups is 1. The lowest BCUT2D eigenvalue weighted by Crippen LogP contribution is -2.36. The van der Waals surface area contributed by atoms with Gasteiger partial charge in [0, 0.05) is 13.1 Å². The third kappa shape index (κ3) is 6.75. The molecule has 0 bridgehead atoms. The van der Waals surface area contributed by atoms with Crippen molar-refractivity contribution >= 4 is 34.4 Å². The molecule has 0 unspecified atom stereocenters. The summed E-state index contributed by atoms with van der Waals surface area (Å²) in [4.78, 5) is 19.3. The fourth-order valence-electron chi connectivity index (χ4n) is 2.03. The van der Waals surface area contributed by atoms with E-state index < -0.39 is 30.2 Å². The summed E-state index contributed by atoms with van der Waals surface area (Å²) in [5.74, 6) is -2.85. The summed E-state index contributed by atoms with van der Waals surface area (Å²) >= 11 is 1.86. The van der Waals surface area contributed by atoms with Crippen LogP contribution in [0.2, 0.25) is 0 Å². The molecule has 0 aliphatic carbocycles. The van der Waals surface area contributed by atoms with E-state index in [2.05, 4.69) is 9.97 Å². The highest BCUT2D eigenvalue weighted by molar-refractivity contribution is 14.1. The zero-order chi connectivity index (χ0) is 19.8. The molecule has 11 heteroatoms. The highest BCUT2D eigenvalue weighted by Gasteiger charge is 2.15. The molecule has 27 heavy (non-hydrogen) atoms. The molecule has 0 aromatic carbocycles. The van der Waals surface area contributed by atoms with Crippen molar-refractivity contribution in [3.63, 3.8) is 0 Å². The van der Waals surface area contributed by atoms with Gasteiger partial charge in [0.15, 0.2) is 18.1 Å². The van der Waals surface area contributed by atoms with Gasteiger partial charge in [-0.2, -0.15) is 13.8 Å². The Morgan fingerprint density at radius 1 is 1.19 bits per heavy atom. The number of aliphatic carboxylic acids is 1. The largest absolute Gasteiger partial charge is 0.504 e. The molecule has 0 spiro atoms. The molecule has 3 rings (SSSR count). The number of halogens is 3. The highest BCUT2D eigenvalue weighted by Crippen LogP contribution is 2.20. The van der Waals surface area contributed by atoms with Crippen LogP contribution in [0.5, 0.6) is 11.5 Å². The van der Waals surface area contributed by atoms with Crippen LogP contribution in [0.15, 0.2) is 24.3 Å². The van der Waals surface area contributed by atoms with Crippen molar-refractivity contribution in [2.24, 2.45) is 0 Å². The van der Waals surface area contributed by atoms with E-state index in [1.807, 2.05) is 27.5 Å². The maximum atomic E-state index is 13.6. The average Bonchev–Trinajstić information content (AvgIpc) is 2.65. The van der Waals surface area contributed by atoms with Crippen LogP contribution in [0, 0.1) is 15.6 Å². The van der Waals surface area contributed by atoms with Crippen LogP contribution < -0.4 is 9.64 Å². The third-order valence-corrected chi connectivity index (χ3v) is 3.88. The van der Waals surface area contributed by atoms with Crippen LogP contribution in [0.25, 0.3) is 0 Å². The molecule has 0 saturated carbocycles. The molecule has 0 atom stereocenters. The molecular formula is C16H16F2IN3O5. The lowest BCUT2D eigenvalue weighted by atomic mass is 10.3. The van der Waals surface area contributed by atoms with Crippen molar-refractivity contribution in [3.8, 4) is 11.5 Å². The minimum atomic E-state index is -1.16. The number of nitrogens with zero attached hydrogens (tertiary/aromatic N) is 3. The Labute approximate surface area is 166 Å². The number of carbonyl (C=O) groups is 1. The first kappa shape index (κ1) is 21.0. The topological polar surface area (TPSA) is 105 Å². The number of hydrogen-bond donors (Lipinski definition) is 2. The second-order valence-electron chi connectivity index (χ2n) is 5.18. The van der Waals surface area contributed by atoms with E-state index >= 15 is 0 Å². The third-order valence-electron chi connectivity index (χ3n) is 3.28. The molecule has 8 nitrogen and oxygen atoms in total. The maximum absolute atomic E-state index is 13.6. The van der Waals surface area contributed by atoms with Gasteiger partial charge < -0.3 is 24.6 Å². The average molecular weight is 495 g/mol. The van der Waals surface area contributed by atoms with Crippen molar-refractivity contribution in [3.05, 3.63) is 39.9 Å². The van der Waals surface area contributed by atoms with E-state index in [1.165, 1.54) is 18.2 Å². The Hall–Kier alpha value is -2.28. The Balaban J connectivity index is 0.000000244. The molecule has 3 heterocycles. The summed E-state index contributed by atoms with van der Waals surface area (Å²) in [5.41, 5.74) is 0. The van der Waals surface area contributed by atoms with Crippen LogP contribution in [0.3, 0.4) is 0 Å². The summed E-state index contributed by atoms with van der Waals surface area (Å²) in [5, 5.41) is 17.0. The smallest absolute Gasteiger partial charge is 0.341 e. The van der Waals surface area contributed by atoms with Gasteiger partial charge in [-0.15, -0.1) is 0 Å². The number of rotatable bonds is 4. The SMILES string of the molecule is O=C(O)COc1ccc(N2CCOCC2)nc1F.Oc1ccc(I)nc1F. The number of morpholine rings is 1. The minimum Gasteiger partial charge on any atom is -0.504 e. The van der Waals surface area contributed by atoms with Crippen molar-refractivity contribution < 1.29 is 33.3 Å². The maximum Gasteiger partial charge on any atom is 0.341 e. The zero-order valence-electron chi connectivity index (χ0n) is 13.9. The van der Waals surface area contributed by atoms with E-state index in [4.69, 9.17) is 19.7 Å². The number of aromatic nitrogens is 2. The van der Waals surface area contributed by atoms with Crippen molar-refractivity contribution in [2.75, 3.05) is 37.8 Å². The second-order valence-corrected chi connectivity index (χ2v) is 6.29. The van der Waals surface area contributed by atoms with Gasteiger partial charge in [0.1, 0.15) is 9.52 Å². The first-order valence-electron chi connectivity index (χ1n) is 7.71. The molecule has 1 aliphatic heterocycles. The first-order valence-corrected chi connectivity index (χ1v) is 8.79. The molecule has 0 amide bonds. The quantitative estimate of drug-likeness (QED) is 0.491. The van der Waals surface area contributed by atoms with Gasteiger partial charge in [0.25, 0.3) is 11.9 Å². The number of carboxylic acid groups (broad SMARTS) is 1. The van der Waals surface area contributed by atoms with Crippen molar-refractivity contribution in [1.82, 2.24) is 9.97 Å². The van der Waals surface area contributed by atoms with Gasteiger partial charge in [0.05, 0.1) is 13.2 Å². The van der Waals surface area contributed by atoms with Gasteiger partial charge in [0.2, 0.25) is 0 Å². The van der Waals surface area contributed by atoms with Gasteiger partial charge in [-0.25, -0.2) is 9.78 Å². The van der Waals surface area contributed by atoms with Crippen LogP contribution in [0.4, 0.5) is 14.6 Å². The Bertz CT molecular complexity index is 791. The van der Waals surface area contributed by atoms with Crippen LogP contribution in [-0.2, 0) is 9.53 Å². The Morgan fingerprint density at radius 2 is 1.89 bits per heavy atom. The van der Waals surface area contributed by atoms with E-state index in [1.54, 1.807) is 6.07 Å². The molecule has 2 aromatic rings. The zero-order valence-corrected chi connectivity index (χ0v) is 16.1. The number of anilines is 1. The van der Waals surface area contributed by atoms with Crippen molar-refractivity contribution in [2.45, 2.75) is 0 Å². The molecule has 2 N–H and O–H groups in total. The normalized spacial score (nSPS) is 13.5. The summed E-state index contributed by atoms with van der Waals surface area (Å²) in [7, 11) is 0. The fraction of sp³-hybridized carbons (Fsp3) is 0.312. The monoisotopic (exact) mass is 495 g/mol. The molecule has 2 aromatic heterocycles. The van der Waals surface area contributed by atoms with Gasteiger partial charge in [-0.1, -0.05) is 0 Å². The summed E-state index contributed by atoms with van der Waals surface area (Å²) < 4.78 is 36.3. The summed E-state index contributed by atoms with van der Waals surface area (Å²) in [6.45, 7) is 1.89. The van der Waals surface area contributed by atoms with Crippen molar-refractivity contribution in [1.29, 1.82) is 0 Å². The van der Waals surface area contributed by atoms with E-state index in [0.29, 0.717) is 35.8 Å². The molecule has 0 radical (unpaired) electrons. The van der Waals surface area contributed by atoms with E-state index in [0.717, 1.165) is 0 Å². The highest BCUT2D eigenvalue weighted by atomic mass is 127. The predicted octanol–water partition coefficient (Wildman–Crippen LogP) is 2.05. The van der Waals surface area contributed by atoms with Gasteiger partial charge in [-0.05, 0) is 46.9 Å². The number of carboxylic acids is 1. The fourth-order valence-corrected chi connectivity index (χ4v) is 2.42. The summed E-state index contributed by atoms with van der Waals surface area (Å²) in [6, 6.07) is 5.78. The second kappa shape index (κ2) is 10.2. The lowest BCUT2D eigenvalue weighted by molar-refractivity contribution is -0.139. The predicted molar refractivity (Wildman–Crippen MR) is 98.9 cm³/mol. The molecular weight excluding hydrogens is 479 g/mol. The minimum absolute atomic E-state index is 0.158.